The molecule has 102 valence electrons. The van der Waals surface area contributed by atoms with E-state index in [-0.39, 0.29) is 5.91 Å². The van der Waals surface area contributed by atoms with Crippen molar-refractivity contribution in [1.29, 1.82) is 0 Å². The Morgan fingerprint density at radius 1 is 1.42 bits per heavy atom. The predicted molar refractivity (Wildman–Crippen MR) is 79.9 cm³/mol. The van der Waals surface area contributed by atoms with Crippen LogP contribution in [0.4, 0.5) is 5.69 Å². The van der Waals surface area contributed by atoms with Crippen LogP contribution in [0.15, 0.2) is 24.3 Å². The Hall–Kier alpha value is -1.61. The summed E-state index contributed by atoms with van der Waals surface area (Å²) >= 11 is 0. The number of fused-ring (bicyclic) bond motifs is 1. The van der Waals surface area contributed by atoms with Gasteiger partial charge in [-0.3, -0.25) is 4.79 Å². The molecule has 1 aliphatic heterocycles. The molecule has 0 spiro atoms. The molecule has 0 aliphatic carbocycles. The van der Waals surface area contributed by atoms with E-state index in [1.165, 1.54) is 16.7 Å². The SMILES string of the molecule is CC(C)/C(=C\CCN)c1ccc2c(c1)CCC(=O)N2. The first-order valence-electron chi connectivity index (χ1n) is 6.95. The number of amides is 1. The molecule has 3 N–H and O–H groups in total. The molecule has 1 aromatic carbocycles. The normalized spacial score (nSPS) is 15.4. The van der Waals surface area contributed by atoms with E-state index in [1.807, 2.05) is 6.07 Å². The maximum atomic E-state index is 11.4. The minimum absolute atomic E-state index is 0.114. The van der Waals surface area contributed by atoms with E-state index in [0.29, 0.717) is 18.9 Å². The fourth-order valence-corrected chi connectivity index (χ4v) is 2.49. The molecule has 3 nitrogen and oxygen atoms in total. The van der Waals surface area contributed by atoms with Gasteiger partial charge in [-0.2, -0.15) is 0 Å². The molecule has 0 aromatic heterocycles. The second-order valence-corrected chi connectivity index (χ2v) is 5.31. The van der Waals surface area contributed by atoms with Crippen LogP contribution in [0.3, 0.4) is 0 Å². The van der Waals surface area contributed by atoms with E-state index in [9.17, 15) is 4.79 Å². The van der Waals surface area contributed by atoms with Crippen molar-refractivity contribution < 1.29 is 4.79 Å². The largest absolute Gasteiger partial charge is 0.330 e. The third-order valence-electron chi connectivity index (χ3n) is 3.49. The van der Waals surface area contributed by atoms with Gasteiger partial charge < -0.3 is 11.1 Å². The Kier molecular flexibility index (Phi) is 4.38. The number of carbonyl (C=O) groups is 1. The molecule has 0 atom stereocenters. The summed E-state index contributed by atoms with van der Waals surface area (Å²) in [5.41, 5.74) is 10.4. The highest BCUT2D eigenvalue weighted by Crippen LogP contribution is 2.29. The summed E-state index contributed by atoms with van der Waals surface area (Å²) in [6.45, 7) is 5.07. The summed E-state index contributed by atoms with van der Waals surface area (Å²) in [5.74, 6) is 0.589. The van der Waals surface area contributed by atoms with Crippen LogP contribution in [0.2, 0.25) is 0 Å². The monoisotopic (exact) mass is 258 g/mol. The number of hydrogen-bond acceptors (Lipinski definition) is 2. The fraction of sp³-hybridized carbons (Fsp3) is 0.438. The van der Waals surface area contributed by atoms with Crippen molar-refractivity contribution in [2.24, 2.45) is 11.7 Å². The van der Waals surface area contributed by atoms with Gasteiger partial charge in [-0.15, -0.1) is 0 Å². The molecule has 1 heterocycles. The zero-order valence-corrected chi connectivity index (χ0v) is 11.7. The highest BCUT2D eigenvalue weighted by atomic mass is 16.1. The minimum atomic E-state index is 0.114. The molecule has 0 saturated carbocycles. The number of anilines is 1. The van der Waals surface area contributed by atoms with Crippen LogP contribution in [0, 0.1) is 5.92 Å². The van der Waals surface area contributed by atoms with Crippen molar-refractivity contribution >= 4 is 17.2 Å². The van der Waals surface area contributed by atoms with Gasteiger partial charge in [-0.25, -0.2) is 0 Å². The van der Waals surface area contributed by atoms with Crippen molar-refractivity contribution in [3.8, 4) is 0 Å². The van der Waals surface area contributed by atoms with Gasteiger partial charge in [0.2, 0.25) is 5.91 Å². The first-order chi connectivity index (χ1) is 9.11. The van der Waals surface area contributed by atoms with Gasteiger partial charge in [-0.1, -0.05) is 26.0 Å². The highest BCUT2D eigenvalue weighted by molar-refractivity contribution is 5.94. The average Bonchev–Trinajstić information content (AvgIpc) is 2.39. The zero-order valence-electron chi connectivity index (χ0n) is 11.7. The lowest BCUT2D eigenvalue weighted by atomic mass is 9.91. The Balaban J connectivity index is 2.32. The number of allylic oxidation sites excluding steroid dienone is 1. The van der Waals surface area contributed by atoms with Crippen molar-refractivity contribution in [3.05, 3.63) is 35.4 Å². The predicted octanol–water partition coefficient (Wildman–Crippen LogP) is 2.96. The van der Waals surface area contributed by atoms with E-state index in [4.69, 9.17) is 5.73 Å². The van der Waals surface area contributed by atoms with Crippen molar-refractivity contribution in [2.45, 2.75) is 33.1 Å². The van der Waals surface area contributed by atoms with E-state index >= 15 is 0 Å². The maximum absolute atomic E-state index is 11.4. The van der Waals surface area contributed by atoms with Crippen LogP contribution in [0.1, 0.15) is 37.8 Å². The van der Waals surface area contributed by atoms with Gasteiger partial charge in [0.15, 0.2) is 0 Å². The standard InChI is InChI=1S/C16H22N2O/c1-11(2)14(4-3-9-17)12-5-7-15-13(10-12)6-8-16(19)18-15/h4-5,7,10-11H,3,6,8-9,17H2,1-2H3,(H,18,19)/b14-4+. The molecule has 0 fully saturated rings. The van der Waals surface area contributed by atoms with Crippen LogP contribution in [0.25, 0.3) is 5.57 Å². The number of benzene rings is 1. The van der Waals surface area contributed by atoms with E-state index in [0.717, 1.165) is 18.5 Å². The molecule has 1 amide bonds. The quantitative estimate of drug-likeness (QED) is 0.872. The third-order valence-corrected chi connectivity index (χ3v) is 3.49. The van der Waals surface area contributed by atoms with Gasteiger partial charge in [0.25, 0.3) is 0 Å². The maximum Gasteiger partial charge on any atom is 0.224 e. The van der Waals surface area contributed by atoms with Crippen molar-refractivity contribution in [3.63, 3.8) is 0 Å². The third kappa shape index (κ3) is 3.24. The van der Waals surface area contributed by atoms with E-state index < -0.39 is 0 Å². The van der Waals surface area contributed by atoms with Crippen LogP contribution in [-0.2, 0) is 11.2 Å². The lowest BCUT2D eigenvalue weighted by Gasteiger charge is -2.19. The topological polar surface area (TPSA) is 55.1 Å². The lowest BCUT2D eigenvalue weighted by Crippen LogP contribution is -2.19. The van der Waals surface area contributed by atoms with Gasteiger partial charge in [0, 0.05) is 12.1 Å². The second-order valence-electron chi connectivity index (χ2n) is 5.31. The van der Waals surface area contributed by atoms with Crippen LogP contribution in [0.5, 0.6) is 0 Å². The zero-order chi connectivity index (χ0) is 13.8. The number of nitrogens with one attached hydrogen (secondary N) is 1. The van der Waals surface area contributed by atoms with Gasteiger partial charge >= 0.3 is 0 Å². The molecule has 0 radical (unpaired) electrons. The number of carbonyl (C=O) groups excluding carboxylic acids is 1. The summed E-state index contributed by atoms with van der Waals surface area (Å²) in [5, 5.41) is 2.92. The smallest absolute Gasteiger partial charge is 0.224 e. The highest BCUT2D eigenvalue weighted by Gasteiger charge is 2.16. The molecule has 19 heavy (non-hydrogen) atoms. The summed E-state index contributed by atoms with van der Waals surface area (Å²) in [6.07, 6.45) is 4.55. The molecule has 1 aliphatic rings. The minimum Gasteiger partial charge on any atom is -0.330 e. The van der Waals surface area contributed by atoms with E-state index in [2.05, 4.69) is 37.4 Å². The molecule has 0 saturated heterocycles. The van der Waals surface area contributed by atoms with Gasteiger partial charge in [0.1, 0.15) is 0 Å². The van der Waals surface area contributed by atoms with Crippen molar-refractivity contribution in [2.75, 3.05) is 11.9 Å². The Labute approximate surface area is 114 Å². The number of nitrogens with two attached hydrogens (primary N) is 1. The Morgan fingerprint density at radius 2 is 2.21 bits per heavy atom. The van der Waals surface area contributed by atoms with E-state index in [1.54, 1.807) is 0 Å². The molecular weight excluding hydrogens is 236 g/mol. The summed E-state index contributed by atoms with van der Waals surface area (Å²) in [7, 11) is 0. The number of aryl methyl sites for hydroxylation is 1. The summed E-state index contributed by atoms with van der Waals surface area (Å²) < 4.78 is 0. The van der Waals surface area contributed by atoms with Gasteiger partial charge in [0.05, 0.1) is 0 Å². The number of rotatable bonds is 4. The Morgan fingerprint density at radius 3 is 2.89 bits per heavy atom. The second kappa shape index (κ2) is 6.02. The first kappa shape index (κ1) is 13.8. The average molecular weight is 258 g/mol. The molecule has 0 unspecified atom stereocenters. The first-order valence-corrected chi connectivity index (χ1v) is 6.95. The molecule has 3 heteroatoms. The molecular formula is C16H22N2O. The molecule has 0 bridgehead atoms. The summed E-state index contributed by atoms with van der Waals surface area (Å²) in [4.78, 5) is 11.4. The van der Waals surface area contributed by atoms with Crippen LogP contribution < -0.4 is 11.1 Å². The van der Waals surface area contributed by atoms with Crippen LogP contribution >= 0.6 is 0 Å². The molecule has 1 aromatic rings. The Bertz CT molecular complexity index is 503. The molecule has 2 rings (SSSR count). The lowest BCUT2D eigenvalue weighted by molar-refractivity contribution is -0.116. The number of hydrogen-bond donors (Lipinski definition) is 2. The fourth-order valence-electron chi connectivity index (χ4n) is 2.49. The van der Waals surface area contributed by atoms with Crippen molar-refractivity contribution in [1.82, 2.24) is 0 Å². The van der Waals surface area contributed by atoms with Crippen LogP contribution in [-0.4, -0.2) is 12.5 Å². The summed E-state index contributed by atoms with van der Waals surface area (Å²) in [6, 6.07) is 6.31. The van der Waals surface area contributed by atoms with Gasteiger partial charge in [-0.05, 0) is 54.1 Å².